The van der Waals surface area contributed by atoms with Gasteiger partial charge in [0, 0.05) is 18.1 Å². The Morgan fingerprint density at radius 3 is 2.12 bits per heavy atom. The van der Waals surface area contributed by atoms with E-state index in [1.54, 1.807) is 12.1 Å². The fourth-order valence-electron chi connectivity index (χ4n) is 4.32. The van der Waals surface area contributed by atoms with E-state index in [0.29, 0.717) is 23.7 Å². The van der Waals surface area contributed by atoms with E-state index in [2.05, 4.69) is 5.32 Å². The van der Waals surface area contributed by atoms with Crippen molar-refractivity contribution in [3.8, 4) is 0 Å². The third-order valence-corrected chi connectivity index (χ3v) is 8.91. The maximum Gasteiger partial charge on any atom is 0.264 e. The Balaban J connectivity index is 2.07. The van der Waals surface area contributed by atoms with Crippen LogP contribution in [-0.4, -0.2) is 44.3 Å². The van der Waals surface area contributed by atoms with Crippen molar-refractivity contribution in [1.29, 1.82) is 0 Å². The molecule has 3 aromatic carbocycles. The molecule has 0 aliphatic rings. The zero-order valence-electron chi connectivity index (χ0n) is 23.8. The number of halogens is 1. The fraction of sp³-hybridized carbons (Fsp3) is 0.355. The summed E-state index contributed by atoms with van der Waals surface area (Å²) in [6, 6.07) is 18.1. The Labute approximate surface area is 243 Å². The molecule has 0 aromatic heterocycles. The second kappa shape index (κ2) is 13.8. The lowest BCUT2D eigenvalue weighted by atomic mass is 10.1. The molecule has 0 fully saturated rings. The molecular weight excluding hydrogens is 546 g/mol. The van der Waals surface area contributed by atoms with Gasteiger partial charge in [-0.25, -0.2) is 8.42 Å². The summed E-state index contributed by atoms with van der Waals surface area (Å²) in [6.07, 6.45) is 1.13. The van der Waals surface area contributed by atoms with E-state index in [0.717, 1.165) is 33.0 Å². The summed E-state index contributed by atoms with van der Waals surface area (Å²) < 4.78 is 29.0. The highest BCUT2D eigenvalue weighted by molar-refractivity contribution is 7.92. The number of aryl methyl sites for hydroxylation is 3. The Bertz CT molecular complexity index is 1420. The highest BCUT2D eigenvalue weighted by atomic mass is 35.5. The molecule has 7 nitrogen and oxygen atoms in total. The molecule has 9 heteroatoms. The number of hydrogen-bond acceptors (Lipinski definition) is 4. The zero-order chi connectivity index (χ0) is 29.4. The van der Waals surface area contributed by atoms with Crippen molar-refractivity contribution in [3.05, 3.63) is 94.0 Å². The molecule has 214 valence electrons. The van der Waals surface area contributed by atoms with Crippen LogP contribution < -0.4 is 9.62 Å². The molecule has 0 bridgehead atoms. The highest BCUT2D eigenvalue weighted by Crippen LogP contribution is 2.27. The molecule has 40 heavy (non-hydrogen) atoms. The van der Waals surface area contributed by atoms with Crippen LogP contribution in [0.3, 0.4) is 0 Å². The van der Waals surface area contributed by atoms with Crippen molar-refractivity contribution in [2.45, 2.75) is 64.9 Å². The van der Waals surface area contributed by atoms with Gasteiger partial charge in [0.25, 0.3) is 10.0 Å². The summed E-state index contributed by atoms with van der Waals surface area (Å²) in [4.78, 5) is 28.7. The predicted molar refractivity (Wildman–Crippen MR) is 161 cm³/mol. The number of rotatable bonds is 12. The molecule has 0 saturated heterocycles. The smallest absolute Gasteiger partial charge is 0.264 e. The van der Waals surface area contributed by atoms with Crippen LogP contribution in [0.4, 0.5) is 5.69 Å². The number of hydrogen-bond donors (Lipinski definition) is 1. The fourth-order valence-corrected chi connectivity index (χ4v) is 5.85. The lowest BCUT2D eigenvalue weighted by molar-refractivity contribution is -0.140. The van der Waals surface area contributed by atoms with Gasteiger partial charge in [0.05, 0.1) is 10.6 Å². The molecule has 2 amide bonds. The molecule has 0 heterocycles. The standard InChI is InChI=1S/C31H38ClN3O4S/c1-6-18-33-31(37)29(7-2)34(20-25-11-8-22(3)9-12-25)30(36)21-35(27-15-10-23(4)24(5)19-27)40(38,39)28-16-13-26(32)14-17-28/h8-17,19,29H,6-7,18,20-21H2,1-5H3,(H,33,37)/t29-/m0/s1. The second-order valence-corrected chi connectivity index (χ2v) is 12.3. The molecule has 1 N–H and O–H groups in total. The number of carbonyl (C=O) groups excluding carboxylic acids is 2. The van der Waals surface area contributed by atoms with Gasteiger partial charge in [0.1, 0.15) is 12.6 Å². The first-order chi connectivity index (χ1) is 19.0. The molecule has 0 aliphatic heterocycles. The molecule has 3 aromatic rings. The van der Waals surface area contributed by atoms with E-state index in [1.165, 1.54) is 29.2 Å². The summed E-state index contributed by atoms with van der Waals surface area (Å²) in [5.41, 5.74) is 4.18. The van der Waals surface area contributed by atoms with Gasteiger partial charge in [0.15, 0.2) is 0 Å². The Morgan fingerprint density at radius 1 is 0.900 bits per heavy atom. The van der Waals surface area contributed by atoms with Gasteiger partial charge in [-0.15, -0.1) is 0 Å². The van der Waals surface area contributed by atoms with Gasteiger partial charge >= 0.3 is 0 Å². The van der Waals surface area contributed by atoms with Gasteiger partial charge in [-0.3, -0.25) is 13.9 Å². The monoisotopic (exact) mass is 583 g/mol. The SMILES string of the molecule is CCCNC(=O)[C@H](CC)N(Cc1ccc(C)cc1)C(=O)CN(c1ccc(C)c(C)c1)S(=O)(=O)c1ccc(Cl)cc1. The summed E-state index contributed by atoms with van der Waals surface area (Å²) in [5.74, 6) is -0.738. The molecular formula is C31H38ClN3O4S. The Hall–Kier alpha value is -3.36. The van der Waals surface area contributed by atoms with Gasteiger partial charge in [-0.2, -0.15) is 0 Å². The zero-order valence-corrected chi connectivity index (χ0v) is 25.3. The Kier molecular flexibility index (Phi) is 10.8. The first-order valence-corrected chi connectivity index (χ1v) is 15.3. The average Bonchev–Trinajstić information content (AvgIpc) is 2.93. The van der Waals surface area contributed by atoms with E-state index < -0.39 is 28.5 Å². The molecule has 3 rings (SSSR count). The number of sulfonamides is 1. The summed E-state index contributed by atoms with van der Waals surface area (Å²) in [7, 11) is -4.15. The minimum absolute atomic E-state index is 0.0146. The largest absolute Gasteiger partial charge is 0.354 e. The number of nitrogens with zero attached hydrogens (tertiary/aromatic N) is 2. The van der Waals surface area contributed by atoms with Crippen LogP contribution in [0.15, 0.2) is 71.6 Å². The third kappa shape index (κ3) is 7.64. The minimum Gasteiger partial charge on any atom is -0.354 e. The van der Waals surface area contributed by atoms with Crippen LogP contribution >= 0.6 is 11.6 Å². The molecule has 0 saturated carbocycles. The lowest BCUT2D eigenvalue weighted by Crippen LogP contribution is -2.52. The molecule has 0 unspecified atom stereocenters. The van der Waals surface area contributed by atoms with Crippen LogP contribution in [0.5, 0.6) is 0 Å². The summed E-state index contributed by atoms with van der Waals surface area (Å²) >= 11 is 6.02. The van der Waals surface area contributed by atoms with E-state index in [1.807, 2.05) is 65.0 Å². The van der Waals surface area contributed by atoms with Crippen molar-refractivity contribution in [1.82, 2.24) is 10.2 Å². The molecule has 0 spiro atoms. The Morgan fingerprint density at radius 2 is 1.55 bits per heavy atom. The normalized spacial score (nSPS) is 12.1. The maximum absolute atomic E-state index is 14.1. The van der Waals surface area contributed by atoms with Crippen molar-refractivity contribution < 1.29 is 18.0 Å². The quantitative estimate of drug-likeness (QED) is 0.292. The van der Waals surface area contributed by atoms with Gasteiger partial charge < -0.3 is 10.2 Å². The van der Waals surface area contributed by atoms with Gasteiger partial charge in [-0.1, -0.05) is 61.3 Å². The number of nitrogens with one attached hydrogen (secondary N) is 1. The molecule has 1 atom stereocenters. The summed E-state index contributed by atoms with van der Waals surface area (Å²) in [6.45, 7) is 9.78. The van der Waals surface area contributed by atoms with Crippen LogP contribution in [0, 0.1) is 20.8 Å². The van der Waals surface area contributed by atoms with E-state index in [-0.39, 0.29) is 17.3 Å². The first-order valence-electron chi connectivity index (χ1n) is 13.5. The van der Waals surface area contributed by atoms with Crippen molar-refractivity contribution >= 4 is 39.1 Å². The predicted octanol–water partition coefficient (Wildman–Crippen LogP) is 5.79. The van der Waals surface area contributed by atoms with E-state index in [9.17, 15) is 18.0 Å². The highest BCUT2D eigenvalue weighted by Gasteiger charge is 2.33. The molecule has 0 aliphatic carbocycles. The topological polar surface area (TPSA) is 86.8 Å². The number of carbonyl (C=O) groups is 2. The minimum atomic E-state index is -4.15. The van der Waals surface area contributed by atoms with Crippen molar-refractivity contribution in [2.75, 3.05) is 17.4 Å². The van der Waals surface area contributed by atoms with Gasteiger partial charge in [0.2, 0.25) is 11.8 Å². The second-order valence-electron chi connectivity index (χ2n) is 9.96. The van der Waals surface area contributed by atoms with E-state index in [4.69, 9.17) is 11.6 Å². The number of amides is 2. The van der Waals surface area contributed by atoms with Crippen LogP contribution in [0.2, 0.25) is 5.02 Å². The third-order valence-electron chi connectivity index (χ3n) is 6.87. The number of benzene rings is 3. The van der Waals surface area contributed by atoms with Crippen LogP contribution in [0.1, 0.15) is 48.9 Å². The maximum atomic E-state index is 14.1. The lowest BCUT2D eigenvalue weighted by Gasteiger charge is -2.33. The van der Waals surface area contributed by atoms with Crippen molar-refractivity contribution in [3.63, 3.8) is 0 Å². The van der Waals surface area contributed by atoms with Gasteiger partial charge in [-0.05, 0) is 86.7 Å². The van der Waals surface area contributed by atoms with E-state index >= 15 is 0 Å². The van der Waals surface area contributed by atoms with Crippen LogP contribution in [0.25, 0.3) is 0 Å². The first kappa shape index (κ1) is 31.2. The molecule has 0 radical (unpaired) electrons. The van der Waals surface area contributed by atoms with Crippen LogP contribution in [-0.2, 0) is 26.2 Å². The number of anilines is 1. The average molecular weight is 584 g/mol. The van der Waals surface area contributed by atoms with Crippen molar-refractivity contribution in [2.24, 2.45) is 0 Å². The summed E-state index contributed by atoms with van der Waals surface area (Å²) in [5, 5.41) is 3.30.